The molecule has 4 atom stereocenters. The van der Waals surface area contributed by atoms with E-state index in [4.69, 9.17) is 11.5 Å². The van der Waals surface area contributed by atoms with Crippen LogP contribution >= 0.6 is 0 Å². The second-order valence-electron chi connectivity index (χ2n) is 16.8. The third-order valence-electron chi connectivity index (χ3n) is 11.9. The minimum atomic E-state index is -1.05. The van der Waals surface area contributed by atoms with Crippen molar-refractivity contribution in [3.8, 4) is 0 Å². The maximum atomic E-state index is 10.6. The minimum absolute atomic E-state index is 0. The van der Waals surface area contributed by atoms with Gasteiger partial charge in [-0.05, 0) is 89.6 Å². The third-order valence-corrected chi connectivity index (χ3v) is 11.9. The van der Waals surface area contributed by atoms with Crippen LogP contribution in [0.4, 0.5) is 0 Å². The number of rotatable bonds is 10. The first-order chi connectivity index (χ1) is 33.0. The number of carbonyl (C=O) groups excluding carboxylic acids is 2. The Balaban J connectivity index is 0.000000151. The van der Waals surface area contributed by atoms with E-state index in [1.807, 2.05) is 158 Å². The molecule has 0 fully saturated rings. The van der Waals surface area contributed by atoms with E-state index in [-0.39, 0.29) is 42.5 Å². The molecule has 0 aliphatic carbocycles. The van der Waals surface area contributed by atoms with Gasteiger partial charge in [-0.25, -0.2) is 0 Å². The quantitative estimate of drug-likeness (QED) is 0.105. The SMILES string of the molecule is N[C@H](c1ccccc1)[C@H]([NH3+])c1ccccc1.N[C@H](c1ccccc1)[C@H]([NH3+])c1ccccc1.O.O=C([O-])Cc1ccc2cc3ccccc3cc2c1.O=C([O-])Cc1ccc2cc3ccccc3cc2c1. The Kier molecular flexibility index (Phi) is 18.0. The van der Waals surface area contributed by atoms with Crippen LogP contribution in [0.2, 0.25) is 0 Å². The maximum absolute atomic E-state index is 10.6. The molecule has 0 spiro atoms. The molecule has 10 aromatic carbocycles. The summed E-state index contributed by atoms with van der Waals surface area (Å²) >= 11 is 0. The second-order valence-corrected chi connectivity index (χ2v) is 16.8. The van der Waals surface area contributed by atoms with Gasteiger partial charge in [0.05, 0.1) is 12.1 Å². The van der Waals surface area contributed by atoms with Crippen LogP contribution in [-0.2, 0) is 22.4 Å². The molecule has 0 bridgehead atoms. The molecule has 69 heavy (non-hydrogen) atoms. The number of nitrogens with two attached hydrogens (primary N) is 2. The van der Waals surface area contributed by atoms with E-state index in [2.05, 4.69) is 84.3 Å². The lowest BCUT2D eigenvalue weighted by molar-refractivity contribution is -0.433. The Labute approximate surface area is 402 Å². The van der Waals surface area contributed by atoms with Gasteiger partial charge in [-0.3, -0.25) is 0 Å². The fourth-order valence-electron chi connectivity index (χ4n) is 8.16. The van der Waals surface area contributed by atoms with Crippen LogP contribution in [0.5, 0.6) is 0 Å². The van der Waals surface area contributed by atoms with Crippen molar-refractivity contribution in [2.45, 2.75) is 37.0 Å². The van der Waals surface area contributed by atoms with Crippen molar-refractivity contribution >= 4 is 55.0 Å². The number of hydrogen-bond acceptors (Lipinski definition) is 6. The van der Waals surface area contributed by atoms with Gasteiger partial charge in [-0.15, -0.1) is 0 Å². The van der Waals surface area contributed by atoms with E-state index in [0.29, 0.717) is 0 Å². The summed E-state index contributed by atoms with van der Waals surface area (Å²) in [5.41, 5.74) is 26.9. The average Bonchev–Trinajstić information content (AvgIpc) is 3.38. The molecule has 10 aromatic rings. The van der Waals surface area contributed by atoms with Crippen LogP contribution in [0.15, 0.2) is 231 Å². The third kappa shape index (κ3) is 14.0. The Morgan fingerprint density at radius 3 is 0.884 bits per heavy atom. The Morgan fingerprint density at radius 1 is 0.348 bits per heavy atom. The topological polar surface area (TPSA) is 219 Å². The van der Waals surface area contributed by atoms with Crippen LogP contribution in [-0.4, -0.2) is 17.4 Å². The molecule has 348 valence electrons. The maximum Gasteiger partial charge on any atom is 0.130 e. The van der Waals surface area contributed by atoms with Crippen molar-refractivity contribution in [1.29, 1.82) is 0 Å². The summed E-state index contributed by atoms with van der Waals surface area (Å²) in [6, 6.07) is 76.8. The molecule has 0 saturated heterocycles. The summed E-state index contributed by atoms with van der Waals surface area (Å²) in [5.74, 6) is -2.09. The molecule has 0 amide bonds. The highest BCUT2D eigenvalue weighted by molar-refractivity contribution is 5.99. The van der Waals surface area contributed by atoms with Gasteiger partial charge in [0.1, 0.15) is 12.1 Å². The highest BCUT2D eigenvalue weighted by atomic mass is 16.4. The zero-order valence-corrected chi connectivity index (χ0v) is 38.4. The van der Waals surface area contributed by atoms with E-state index in [1.165, 1.54) is 21.9 Å². The van der Waals surface area contributed by atoms with E-state index < -0.39 is 11.9 Å². The number of carboxylic acids is 2. The molecule has 9 heteroatoms. The molecular weight excluding hydrogens is 857 g/mol. The monoisotopic (exact) mass is 914 g/mol. The van der Waals surface area contributed by atoms with Crippen LogP contribution in [0.3, 0.4) is 0 Å². The van der Waals surface area contributed by atoms with Crippen LogP contribution < -0.4 is 33.1 Å². The van der Waals surface area contributed by atoms with Crippen LogP contribution in [0, 0.1) is 0 Å². The largest absolute Gasteiger partial charge is 0.550 e. The highest BCUT2D eigenvalue weighted by Crippen LogP contribution is 2.27. The first kappa shape index (κ1) is 50.4. The lowest BCUT2D eigenvalue weighted by atomic mass is 9.95. The van der Waals surface area contributed by atoms with Gasteiger partial charge in [0.2, 0.25) is 0 Å². The normalized spacial score (nSPS) is 12.3. The van der Waals surface area contributed by atoms with Crippen molar-refractivity contribution in [2.75, 3.05) is 0 Å². The van der Waals surface area contributed by atoms with Gasteiger partial charge >= 0.3 is 0 Å². The average molecular weight is 915 g/mol. The van der Waals surface area contributed by atoms with Crippen molar-refractivity contribution in [1.82, 2.24) is 0 Å². The number of carboxylic acid groups (broad SMARTS) is 2. The fourth-order valence-corrected chi connectivity index (χ4v) is 8.16. The molecule has 10 rings (SSSR count). The van der Waals surface area contributed by atoms with Crippen LogP contribution in [0.25, 0.3) is 43.1 Å². The predicted molar refractivity (Wildman–Crippen MR) is 275 cm³/mol. The van der Waals surface area contributed by atoms with Gasteiger partial charge in [-0.2, -0.15) is 0 Å². The summed E-state index contributed by atoms with van der Waals surface area (Å²) in [7, 11) is 0. The molecule has 12 N–H and O–H groups in total. The first-order valence-electron chi connectivity index (χ1n) is 22.6. The lowest BCUT2D eigenvalue weighted by Gasteiger charge is -2.17. The lowest BCUT2D eigenvalue weighted by Crippen LogP contribution is -2.57. The molecule has 0 unspecified atom stereocenters. The number of aliphatic carboxylic acids is 2. The number of benzene rings is 10. The van der Waals surface area contributed by atoms with Gasteiger partial charge in [0, 0.05) is 35.9 Å². The van der Waals surface area contributed by atoms with Gasteiger partial charge in [-0.1, -0.05) is 206 Å². The summed E-state index contributed by atoms with van der Waals surface area (Å²) in [4.78, 5) is 21.2. The highest BCUT2D eigenvalue weighted by Gasteiger charge is 2.21. The predicted octanol–water partition coefficient (Wildman–Crippen LogP) is 7.09. The number of hydrogen-bond donors (Lipinski definition) is 4. The first-order valence-corrected chi connectivity index (χ1v) is 22.6. The molecule has 0 aliphatic heterocycles. The number of carbonyl (C=O) groups is 2. The Morgan fingerprint density at radius 2 is 0.594 bits per heavy atom. The smallest absolute Gasteiger partial charge is 0.130 e. The zero-order valence-electron chi connectivity index (χ0n) is 38.4. The second kappa shape index (κ2) is 24.7. The molecule has 0 aliphatic rings. The van der Waals surface area contributed by atoms with Gasteiger partial charge < -0.3 is 48.2 Å². The molecule has 0 heterocycles. The summed E-state index contributed by atoms with van der Waals surface area (Å²) in [6.07, 6.45) is -0.0778. The van der Waals surface area contributed by atoms with E-state index in [9.17, 15) is 19.8 Å². The number of quaternary nitrogens is 2. The summed E-state index contributed by atoms with van der Waals surface area (Å²) in [6.45, 7) is 0. The van der Waals surface area contributed by atoms with Crippen molar-refractivity contribution in [2.24, 2.45) is 11.5 Å². The van der Waals surface area contributed by atoms with Gasteiger partial charge in [0.15, 0.2) is 0 Å². The molecule has 0 radical (unpaired) electrons. The molecule has 9 nitrogen and oxygen atoms in total. The number of fused-ring (bicyclic) bond motifs is 4. The summed E-state index contributed by atoms with van der Waals surface area (Å²) in [5, 5.41) is 30.3. The van der Waals surface area contributed by atoms with E-state index >= 15 is 0 Å². The van der Waals surface area contributed by atoms with Gasteiger partial charge in [0.25, 0.3) is 0 Å². The van der Waals surface area contributed by atoms with Crippen LogP contribution in [0.1, 0.15) is 57.5 Å². The molecule has 0 saturated carbocycles. The van der Waals surface area contributed by atoms with Crippen molar-refractivity contribution in [3.05, 3.63) is 264 Å². The molecule has 0 aromatic heterocycles. The Hall–Kier alpha value is -8.02. The standard InChI is InChI=1S/2C16H12O2.2C14H16N2.H2O/c2*17-16(18)8-11-5-6-14-9-12-3-1-2-4-13(12)10-15(14)7-11;2*15-13(11-7-3-1-4-8-11)14(16)12-9-5-2-6-10-12;/h2*1-7,9-10H,8H2,(H,17,18);2*1-10,13-14H,15-16H2;1H2/t;;2*13-,14-;/m..11./s1. The van der Waals surface area contributed by atoms with Crippen molar-refractivity contribution < 1.29 is 36.7 Å². The van der Waals surface area contributed by atoms with Crippen molar-refractivity contribution in [3.63, 3.8) is 0 Å². The van der Waals surface area contributed by atoms with E-state index in [1.54, 1.807) is 0 Å². The molecular formula is C60H58N4O5. The minimum Gasteiger partial charge on any atom is -0.550 e. The zero-order chi connectivity index (χ0) is 47.8. The fraction of sp³-hybridized carbons (Fsp3) is 0.100. The van der Waals surface area contributed by atoms with E-state index in [0.717, 1.165) is 54.6 Å². The summed E-state index contributed by atoms with van der Waals surface area (Å²) < 4.78 is 0. The Bertz CT molecular complexity index is 2900.